The number of aryl methyl sites for hydroxylation is 1. The molecular formula is C17H29N3O3. The van der Waals surface area contributed by atoms with Gasteiger partial charge in [-0.05, 0) is 25.7 Å². The van der Waals surface area contributed by atoms with Crippen molar-refractivity contribution in [3.05, 3.63) is 17.0 Å². The third kappa shape index (κ3) is 5.69. The van der Waals surface area contributed by atoms with Gasteiger partial charge in [-0.2, -0.15) is 5.10 Å². The first-order chi connectivity index (χ1) is 10.6. The predicted molar refractivity (Wildman–Crippen MR) is 89.3 cm³/mol. The molecule has 1 rings (SSSR count). The number of carbonyl (C=O) groups is 2. The van der Waals surface area contributed by atoms with Gasteiger partial charge in [-0.1, -0.05) is 27.7 Å². The molecule has 0 radical (unpaired) electrons. The summed E-state index contributed by atoms with van der Waals surface area (Å²) in [5, 5.41) is 13.5. The normalized spacial score (nSPS) is 11.3. The van der Waals surface area contributed by atoms with E-state index in [0.717, 1.165) is 23.5 Å². The second-order valence-corrected chi connectivity index (χ2v) is 6.96. The number of aromatic nitrogens is 2. The molecule has 1 N–H and O–H groups in total. The van der Waals surface area contributed by atoms with Crippen LogP contribution in [-0.2, 0) is 22.6 Å². The van der Waals surface area contributed by atoms with Gasteiger partial charge in [0.05, 0.1) is 12.1 Å². The third-order valence-electron chi connectivity index (χ3n) is 3.66. The van der Waals surface area contributed by atoms with Crippen molar-refractivity contribution in [3.63, 3.8) is 0 Å². The number of carboxylic acids is 1. The number of hydrogen-bond donors (Lipinski definition) is 1. The molecule has 23 heavy (non-hydrogen) atoms. The molecule has 0 saturated heterocycles. The van der Waals surface area contributed by atoms with Gasteiger partial charge in [-0.15, -0.1) is 0 Å². The summed E-state index contributed by atoms with van der Waals surface area (Å²) in [6.07, 6.45) is 0.204. The first kappa shape index (κ1) is 19.2. The molecule has 0 atom stereocenters. The Labute approximate surface area is 138 Å². The maximum absolute atomic E-state index is 12.5. The zero-order chi connectivity index (χ0) is 17.7. The van der Waals surface area contributed by atoms with Crippen LogP contribution in [0.25, 0.3) is 0 Å². The largest absolute Gasteiger partial charge is 0.480 e. The van der Waals surface area contributed by atoms with Crippen molar-refractivity contribution in [3.8, 4) is 0 Å². The lowest BCUT2D eigenvalue weighted by atomic mass is 10.1. The average Bonchev–Trinajstić information content (AvgIpc) is 2.63. The molecule has 1 aromatic rings. The van der Waals surface area contributed by atoms with E-state index in [0.29, 0.717) is 12.5 Å². The van der Waals surface area contributed by atoms with Crippen LogP contribution in [0.1, 0.15) is 44.6 Å². The lowest BCUT2D eigenvalue weighted by molar-refractivity contribution is -0.144. The zero-order valence-corrected chi connectivity index (χ0v) is 15.1. The van der Waals surface area contributed by atoms with Gasteiger partial charge in [0.2, 0.25) is 5.91 Å². The molecule has 1 heterocycles. The number of carboxylic acid groups (broad SMARTS) is 1. The molecule has 0 bridgehead atoms. The lowest BCUT2D eigenvalue weighted by Gasteiger charge is -2.23. The predicted octanol–water partition coefficient (Wildman–Crippen LogP) is 2.27. The van der Waals surface area contributed by atoms with E-state index in [1.54, 1.807) is 0 Å². The van der Waals surface area contributed by atoms with Gasteiger partial charge in [0.25, 0.3) is 0 Å². The van der Waals surface area contributed by atoms with Crippen molar-refractivity contribution in [2.24, 2.45) is 11.8 Å². The Morgan fingerprint density at radius 2 is 1.78 bits per heavy atom. The summed E-state index contributed by atoms with van der Waals surface area (Å²) < 4.78 is 1.94. The highest BCUT2D eigenvalue weighted by Gasteiger charge is 2.22. The van der Waals surface area contributed by atoms with Crippen LogP contribution >= 0.6 is 0 Å². The van der Waals surface area contributed by atoms with Crippen molar-refractivity contribution in [1.82, 2.24) is 14.7 Å². The van der Waals surface area contributed by atoms with Crippen LogP contribution in [0.5, 0.6) is 0 Å². The minimum Gasteiger partial charge on any atom is -0.480 e. The standard InChI is InChI=1S/C17H29N3O3/c1-11(2)8-19(10-17(22)23)16(21)7-15-13(5)18-20(14(15)6)9-12(3)4/h11-12H,7-10H2,1-6H3,(H,22,23). The fraction of sp³-hybridized carbons (Fsp3) is 0.706. The minimum absolute atomic E-state index is 0.156. The molecule has 0 aliphatic carbocycles. The Bertz CT molecular complexity index is 562. The highest BCUT2D eigenvalue weighted by molar-refractivity contribution is 5.83. The van der Waals surface area contributed by atoms with Crippen molar-refractivity contribution in [1.29, 1.82) is 0 Å². The van der Waals surface area contributed by atoms with Crippen LogP contribution in [0.4, 0.5) is 0 Å². The molecule has 0 spiro atoms. The van der Waals surface area contributed by atoms with Crippen LogP contribution in [-0.4, -0.2) is 44.8 Å². The SMILES string of the molecule is Cc1nn(CC(C)C)c(C)c1CC(=O)N(CC(=O)O)CC(C)C. The summed E-state index contributed by atoms with van der Waals surface area (Å²) in [6.45, 7) is 13.1. The van der Waals surface area contributed by atoms with E-state index in [-0.39, 0.29) is 24.8 Å². The van der Waals surface area contributed by atoms with Gasteiger partial charge in [0, 0.05) is 24.3 Å². The number of nitrogens with zero attached hydrogens (tertiary/aromatic N) is 3. The van der Waals surface area contributed by atoms with Crippen molar-refractivity contribution in [2.75, 3.05) is 13.1 Å². The van der Waals surface area contributed by atoms with Gasteiger partial charge in [0.1, 0.15) is 6.54 Å². The van der Waals surface area contributed by atoms with E-state index in [1.807, 2.05) is 32.4 Å². The molecule has 0 aromatic carbocycles. The molecule has 6 heteroatoms. The van der Waals surface area contributed by atoms with E-state index in [2.05, 4.69) is 18.9 Å². The lowest BCUT2D eigenvalue weighted by Crippen LogP contribution is -2.39. The molecule has 1 aromatic heterocycles. The molecular weight excluding hydrogens is 294 g/mol. The van der Waals surface area contributed by atoms with Crippen molar-refractivity contribution >= 4 is 11.9 Å². The van der Waals surface area contributed by atoms with Gasteiger partial charge >= 0.3 is 5.97 Å². The fourth-order valence-electron chi connectivity index (χ4n) is 2.64. The Morgan fingerprint density at radius 1 is 1.17 bits per heavy atom. The van der Waals surface area contributed by atoms with E-state index in [9.17, 15) is 9.59 Å². The summed E-state index contributed by atoms with van der Waals surface area (Å²) in [4.78, 5) is 25.0. The average molecular weight is 323 g/mol. The van der Waals surface area contributed by atoms with Gasteiger partial charge in [0.15, 0.2) is 0 Å². The molecule has 0 unspecified atom stereocenters. The van der Waals surface area contributed by atoms with E-state index < -0.39 is 5.97 Å². The Morgan fingerprint density at radius 3 is 2.26 bits per heavy atom. The van der Waals surface area contributed by atoms with Gasteiger partial charge in [-0.3, -0.25) is 14.3 Å². The van der Waals surface area contributed by atoms with Crippen LogP contribution in [0, 0.1) is 25.7 Å². The third-order valence-corrected chi connectivity index (χ3v) is 3.66. The molecule has 130 valence electrons. The van der Waals surface area contributed by atoms with Gasteiger partial charge < -0.3 is 10.0 Å². The smallest absolute Gasteiger partial charge is 0.323 e. The maximum atomic E-state index is 12.5. The minimum atomic E-state index is -0.983. The maximum Gasteiger partial charge on any atom is 0.323 e. The summed E-state index contributed by atoms with van der Waals surface area (Å²) in [7, 11) is 0. The molecule has 0 aliphatic heterocycles. The van der Waals surface area contributed by atoms with Crippen LogP contribution < -0.4 is 0 Å². The number of carbonyl (C=O) groups excluding carboxylic acids is 1. The Kier molecular flexibility index (Phi) is 6.79. The second kappa shape index (κ2) is 8.13. The molecule has 1 amide bonds. The van der Waals surface area contributed by atoms with E-state index in [4.69, 9.17) is 5.11 Å². The fourth-order valence-corrected chi connectivity index (χ4v) is 2.64. The quantitative estimate of drug-likeness (QED) is 0.796. The van der Waals surface area contributed by atoms with Gasteiger partial charge in [-0.25, -0.2) is 0 Å². The van der Waals surface area contributed by atoms with Crippen molar-refractivity contribution in [2.45, 2.75) is 54.5 Å². The van der Waals surface area contributed by atoms with Crippen LogP contribution in [0.3, 0.4) is 0 Å². The molecule has 0 aliphatic rings. The summed E-state index contributed by atoms with van der Waals surface area (Å²) >= 11 is 0. The number of aliphatic carboxylic acids is 1. The monoisotopic (exact) mass is 323 g/mol. The molecule has 6 nitrogen and oxygen atoms in total. The number of rotatable bonds is 8. The zero-order valence-electron chi connectivity index (χ0n) is 15.1. The van der Waals surface area contributed by atoms with Crippen molar-refractivity contribution < 1.29 is 14.7 Å². The highest BCUT2D eigenvalue weighted by atomic mass is 16.4. The highest BCUT2D eigenvalue weighted by Crippen LogP contribution is 2.16. The molecule has 0 saturated carbocycles. The Balaban J connectivity index is 2.93. The number of amides is 1. The van der Waals surface area contributed by atoms with E-state index in [1.165, 1.54) is 4.90 Å². The first-order valence-corrected chi connectivity index (χ1v) is 8.14. The van der Waals surface area contributed by atoms with Crippen LogP contribution in [0.15, 0.2) is 0 Å². The first-order valence-electron chi connectivity index (χ1n) is 8.14. The second-order valence-electron chi connectivity index (χ2n) is 6.96. The topological polar surface area (TPSA) is 75.4 Å². The summed E-state index contributed by atoms with van der Waals surface area (Å²) in [5.41, 5.74) is 2.75. The Hall–Kier alpha value is -1.85. The van der Waals surface area contributed by atoms with Crippen LogP contribution in [0.2, 0.25) is 0 Å². The number of hydrogen-bond acceptors (Lipinski definition) is 3. The summed E-state index contributed by atoms with van der Waals surface area (Å²) in [5.74, 6) is -0.440. The molecule has 0 fully saturated rings. The van der Waals surface area contributed by atoms with E-state index >= 15 is 0 Å². The summed E-state index contributed by atoms with van der Waals surface area (Å²) in [6, 6.07) is 0.